The Bertz CT molecular complexity index is 680. The average Bonchev–Trinajstić information content (AvgIpc) is 3.24. The molecule has 2 aliphatic rings. The van der Waals surface area contributed by atoms with Gasteiger partial charge in [0.25, 0.3) is 5.91 Å². The number of halogens is 3. The van der Waals surface area contributed by atoms with Crippen LogP contribution in [0.1, 0.15) is 36.9 Å². The minimum absolute atomic E-state index is 0.108. The molecule has 3 heterocycles. The van der Waals surface area contributed by atoms with E-state index in [1.165, 1.54) is 4.90 Å². The lowest BCUT2D eigenvalue weighted by molar-refractivity contribution is -0.159. The second kappa shape index (κ2) is 7.22. The summed E-state index contributed by atoms with van der Waals surface area (Å²) in [6, 6.07) is 0. The molecule has 8 nitrogen and oxygen atoms in total. The van der Waals surface area contributed by atoms with Crippen LogP contribution in [0.5, 0.6) is 0 Å². The number of likely N-dealkylation sites (tertiary alicyclic amines) is 1. The van der Waals surface area contributed by atoms with Gasteiger partial charge in [-0.05, 0) is 25.9 Å². The Morgan fingerprint density at radius 1 is 1.31 bits per heavy atom. The first-order valence-corrected chi connectivity index (χ1v) is 8.31. The van der Waals surface area contributed by atoms with Crippen molar-refractivity contribution in [2.75, 3.05) is 33.7 Å². The van der Waals surface area contributed by atoms with Crippen LogP contribution in [0.4, 0.5) is 13.2 Å². The van der Waals surface area contributed by atoms with E-state index in [4.69, 9.17) is 4.84 Å². The predicted octanol–water partition coefficient (Wildman–Crippen LogP) is 1.50. The number of piperidine rings is 1. The fourth-order valence-electron chi connectivity index (χ4n) is 3.09. The Labute approximate surface area is 147 Å². The molecule has 0 aromatic carbocycles. The summed E-state index contributed by atoms with van der Waals surface area (Å²) in [5, 5.41) is 7.32. The lowest BCUT2D eigenvalue weighted by Gasteiger charge is -2.31. The molecule has 2 aliphatic heterocycles. The van der Waals surface area contributed by atoms with Gasteiger partial charge in [-0.2, -0.15) is 18.2 Å². The van der Waals surface area contributed by atoms with Crippen molar-refractivity contribution >= 4 is 11.6 Å². The number of rotatable bonds is 4. The highest BCUT2D eigenvalue weighted by molar-refractivity contribution is 6.38. The number of carbonyl (C=O) groups excluding carboxylic acids is 1. The van der Waals surface area contributed by atoms with Gasteiger partial charge in [0.15, 0.2) is 5.82 Å². The SMILES string of the molecule is CN(C)C(=O)C1=NOC(CN2CCC(c3noc(C(F)(F)F)n3)CC2)C1. The zero-order valence-electron chi connectivity index (χ0n) is 14.5. The van der Waals surface area contributed by atoms with Gasteiger partial charge < -0.3 is 14.3 Å². The van der Waals surface area contributed by atoms with Crippen LogP contribution >= 0.6 is 0 Å². The molecule has 11 heteroatoms. The topological polar surface area (TPSA) is 84.1 Å². The van der Waals surface area contributed by atoms with Crippen LogP contribution in [0.25, 0.3) is 0 Å². The van der Waals surface area contributed by atoms with E-state index in [0.29, 0.717) is 44.6 Å². The lowest BCUT2D eigenvalue weighted by atomic mass is 9.96. The maximum atomic E-state index is 12.5. The summed E-state index contributed by atoms with van der Waals surface area (Å²) in [5.74, 6) is -1.51. The molecule has 26 heavy (non-hydrogen) atoms. The fraction of sp³-hybridized carbons (Fsp3) is 0.733. The smallest absolute Gasteiger partial charge is 0.390 e. The first-order chi connectivity index (χ1) is 12.2. The first kappa shape index (κ1) is 18.6. The van der Waals surface area contributed by atoms with E-state index in [-0.39, 0.29) is 23.8 Å². The van der Waals surface area contributed by atoms with E-state index in [2.05, 4.69) is 24.7 Å². The number of amides is 1. The molecule has 0 N–H and O–H groups in total. The van der Waals surface area contributed by atoms with Crippen LogP contribution in [0.3, 0.4) is 0 Å². The third-order valence-electron chi connectivity index (χ3n) is 4.48. The predicted molar refractivity (Wildman–Crippen MR) is 83.3 cm³/mol. The summed E-state index contributed by atoms with van der Waals surface area (Å²) in [6.07, 6.45) is -3.08. The van der Waals surface area contributed by atoms with Crippen molar-refractivity contribution in [1.82, 2.24) is 19.9 Å². The Hall–Kier alpha value is -2.17. The Morgan fingerprint density at radius 2 is 2.00 bits per heavy atom. The number of hydrogen-bond acceptors (Lipinski definition) is 7. The van der Waals surface area contributed by atoms with Crippen molar-refractivity contribution in [2.45, 2.75) is 37.5 Å². The van der Waals surface area contributed by atoms with Gasteiger partial charge in [0.2, 0.25) is 0 Å². The van der Waals surface area contributed by atoms with Crippen molar-refractivity contribution in [2.24, 2.45) is 5.16 Å². The van der Waals surface area contributed by atoms with Gasteiger partial charge in [0, 0.05) is 33.0 Å². The number of nitrogens with zero attached hydrogens (tertiary/aromatic N) is 5. The highest BCUT2D eigenvalue weighted by atomic mass is 19.4. The Balaban J connectivity index is 1.46. The molecule has 1 unspecified atom stereocenters. The van der Waals surface area contributed by atoms with Crippen molar-refractivity contribution in [1.29, 1.82) is 0 Å². The van der Waals surface area contributed by atoms with Gasteiger partial charge in [0.05, 0.1) is 0 Å². The molecule has 0 bridgehead atoms. The molecule has 0 radical (unpaired) electrons. The molecule has 0 aliphatic carbocycles. The largest absolute Gasteiger partial charge is 0.471 e. The van der Waals surface area contributed by atoms with Crippen molar-refractivity contribution < 1.29 is 27.3 Å². The summed E-state index contributed by atoms with van der Waals surface area (Å²) in [4.78, 5) is 24.3. The van der Waals surface area contributed by atoms with Gasteiger partial charge in [-0.3, -0.25) is 9.69 Å². The average molecular weight is 375 g/mol. The van der Waals surface area contributed by atoms with E-state index >= 15 is 0 Å². The molecular weight excluding hydrogens is 355 g/mol. The molecule has 0 saturated carbocycles. The second-order valence-corrected chi connectivity index (χ2v) is 6.70. The Morgan fingerprint density at radius 3 is 2.58 bits per heavy atom. The van der Waals surface area contributed by atoms with Crippen molar-refractivity contribution in [3.63, 3.8) is 0 Å². The molecule has 1 saturated heterocycles. The molecule has 1 aromatic rings. The maximum Gasteiger partial charge on any atom is 0.471 e. The molecule has 3 rings (SSSR count). The monoisotopic (exact) mass is 375 g/mol. The van der Waals surface area contributed by atoms with Crippen LogP contribution in [0.2, 0.25) is 0 Å². The molecule has 1 fully saturated rings. The van der Waals surface area contributed by atoms with Gasteiger partial charge >= 0.3 is 12.1 Å². The minimum atomic E-state index is -4.62. The van der Waals surface area contributed by atoms with Gasteiger partial charge in [-0.15, -0.1) is 0 Å². The highest BCUT2D eigenvalue weighted by Gasteiger charge is 2.39. The third-order valence-corrected chi connectivity index (χ3v) is 4.48. The van der Waals surface area contributed by atoms with Crippen LogP contribution in [0.15, 0.2) is 9.68 Å². The van der Waals surface area contributed by atoms with Crippen molar-refractivity contribution in [3.05, 3.63) is 11.7 Å². The zero-order valence-corrected chi connectivity index (χ0v) is 14.5. The summed E-state index contributed by atoms with van der Waals surface area (Å²) in [6.45, 7) is 1.97. The van der Waals surface area contributed by atoms with E-state index in [1.54, 1.807) is 14.1 Å². The molecular formula is C15H20F3N5O3. The number of hydrogen-bond donors (Lipinski definition) is 0. The molecule has 1 amide bonds. The normalized spacial score (nSPS) is 22.2. The third kappa shape index (κ3) is 4.14. The second-order valence-electron chi connectivity index (χ2n) is 6.70. The first-order valence-electron chi connectivity index (χ1n) is 8.31. The van der Waals surface area contributed by atoms with Gasteiger partial charge in [0.1, 0.15) is 11.8 Å². The quantitative estimate of drug-likeness (QED) is 0.793. The molecule has 144 valence electrons. The summed E-state index contributed by atoms with van der Waals surface area (Å²) in [7, 11) is 3.32. The number of aromatic nitrogens is 2. The lowest BCUT2D eigenvalue weighted by Crippen LogP contribution is -2.39. The molecule has 1 atom stereocenters. The van der Waals surface area contributed by atoms with E-state index in [0.717, 1.165) is 0 Å². The number of oxime groups is 1. The fourth-order valence-corrected chi connectivity index (χ4v) is 3.09. The maximum absolute atomic E-state index is 12.5. The van der Waals surface area contributed by atoms with Gasteiger partial charge in [-0.1, -0.05) is 10.3 Å². The summed E-state index contributed by atoms with van der Waals surface area (Å²) < 4.78 is 41.9. The summed E-state index contributed by atoms with van der Waals surface area (Å²) >= 11 is 0. The highest BCUT2D eigenvalue weighted by Crippen LogP contribution is 2.31. The molecule has 1 aromatic heterocycles. The van der Waals surface area contributed by atoms with Crippen LogP contribution in [-0.2, 0) is 15.8 Å². The van der Waals surface area contributed by atoms with Crippen LogP contribution < -0.4 is 0 Å². The summed E-state index contributed by atoms with van der Waals surface area (Å²) in [5.41, 5.74) is 0.404. The number of alkyl halides is 3. The Kier molecular flexibility index (Phi) is 5.17. The van der Waals surface area contributed by atoms with Crippen LogP contribution in [-0.4, -0.2) is 71.4 Å². The zero-order chi connectivity index (χ0) is 18.9. The molecule has 0 spiro atoms. The standard InChI is InChI=1S/C15H20F3N5O3/c1-22(2)13(24)11-7-10(25-20-11)8-23-5-3-9(4-6-23)12-19-14(26-21-12)15(16,17)18/h9-10H,3-8H2,1-2H3. The minimum Gasteiger partial charge on any atom is -0.390 e. The van der Waals surface area contributed by atoms with Crippen LogP contribution in [0, 0.1) is 0 Å². The van der Waals surface area contributed by atoms with Crippen molar-refractivity contribution in [3.8, 4) is 0 Å². The number of carbonyl (C=O) groups is 1. The van der Waals surface area contributed by atoms with E-state index in [1.807, 2.05) is 0 Å². The van der Waals surface area contributed by atoms with Gasteiger partial charge in [-0.25, -0.2) is 0 Å². The van der Waals surface area contributed by atoms with E-state index in [9.17, 15) is 18.0 Å². The van der Waals surface area contributed by atoms with E-state index < -0.39 is 12.1 Å².